The summed E-state index contributed by atoms with van der Waals surface area (Å²) in [5.41, 5.74) is 2.39. The Bertz CT molecular complexity index is 940. The second-order valence-corrected chi connectivity index (χ2v) is 7.23. The molecule has 3 aromatic rings. The number of hydrogen-bond acceptors (Lipinski definition) is 5. The minimum atomic E-state index is -0.507. The minimum absolute atomic E-state index is 0.0319. The van der Waals surface area contributed by atoms with Crippen molar-refractivity contribution in [1.29, 1.82) is 0 Å². The lowest BCUT2D eigenvalue weighted by atomic mass is 10.0. The van der Waals surface area contributed by atoms with E-state index in [1.54, 1.807) is 23.5 Å². The summed E-state index contributed by atoms with van der Waals surface area (Å²) in [6, 6.07) is 18.3. The molecular formula is C21H21N3O3S. The third-order valence-corrected chi connectivity index (χ3v) is 5.33. The smallest absolute Gasteiger partial charge is 0.292 e. The van der Waals surface area contributed by atoms with Crippen molar-refractivity contribution in [2.75, 3.05) is 11.9 Å². The minimum Gasteiger partial charge on any atom is -0.319 e. The van der Waals surface area contributed by atoms with Gasteiger partial charge in [0.05, 0.1) is 17.5 Å². The molecule has 0 spiro atoms. The van der Waals surface area contributed by atoms with Gasteiger partial charge in [0, 0.05) is 10.9 Å². The monoisotopic (exact) mass is 395 g/mol. The lowest BCUT2D eigenvalue weighted by molar-refractivity contribution is -0.383. The van der Waals surface area contributed by atoms with Crippen molar-refractivity contribution >= 4 is 28.6 Å². The van der Waals surface area contributed by atoms with Crippen LogP contribution in [-0.2, 0) is 11.2 Å². The highest BCUT2D eigenvalue weighted by atomic mass is 32.1. The van der Waals surface area contributed by atoms with E-state index in [1.807, 2.05) is 17.5 Å². The number of carbonyl (C=O) groups excluding carboxylic acids is 1. The van der Waals surface area contributed by atoms with Crippen molar-refractivity contribution in [3.8, 4) is 0 Å². The summed E-state index contributed by atoms with van der Waals surface area (Å²) >= 11 is 1.61. The number of nitrogens with zero attached hydrogens (tertiary/aromatic N) is 1. The molecule has 0 saturated carbocycles. The highest BCUT2D eigenvalue weighted by Gasteiger charge is 2.18. The highest BCUT2D eigenvalue weighted by Crippen LogP contribution is 2.27. The molecule has 0 fully saturated rings. The van der Waals surface area contributed by atoms with Gasteiger partial charge in [0.25, 0.3) is 5.69 Å². The van der Waals surface area contributed by atoms with Crippen LogP contribution in [0.3, 0.4) is 0 Å². The van der Waals surface area contributed by atoms with Crippen LogP contribution >= 0.6 is 11.3 Å². The molecule has 0 aliphatic rings. The number of hydrogen-bond donors (Lipinski definition) is 2. The van der Waals surface area contributed by atoms with Crippen molar-refractivity contribution in [2.24, 2.45) is 0 Å². The molecule has 28 heavy (non-hydrogen) atoms. The molecule has 6 nitrogen and oxygen atoms in total. The van der Waals surface area contributed by atoms with E-state index in [2.05, 4.69) is 41.8 Å². The van der Waals surface area contributed by atoms with Gasteiger partial charge in [-0.05, 0) is 35.1 Å². The van der Waals surface area contributed by atoms with Crippen molar-refractivity contribution in [3.05, 3.63) is 92.2 Å². The Morgan fingerprint density at radius 1 is 1.11 bits per heavy atom. The van der Waals surface area contributed by atoms with Gasteiger partial charge in [-0.2, -0.15) is 0 Å². The van der Waals surface area contributed by atoms with E-state index < -0.39 is 4.92 Å². The largest absolute Gasteiger partial charge is 0.319 e. The van der Waals surface area contributed by atoms with Gasteiger partial charge in [0.2, 0.25) is 5.91 Å². The van der Waals surface area contributed by atoms with E-state index in [1.165, 1.54) is 17.7 Å². The Morgan fingerprint density at radius 2 is 1.86 bits per heavy atom. The second-order valence-electron chi connectivity index (χ2n) is 6.25. The van der Waals surface area contributed by atoms with Gasteiger partial charge < -0.3 is 5.32 Å². The van der Waals surface area contributed by atoms with Gasteiger partial charge in [0.15, 0.2) is 0 Å². The van der Waals surface area contributed by atoms with Crippen LogP contribution in [0.15, 0.2) is 66.0 Å². The number of rotatable bonds is 8. The number of carbonyl (C=O) groups is 1. The molecule has 0 aliphatic carbocycles. The Kier molecular flexibility index (Phi) is 6.52. The van der Waals surface area contributed by atoms with Crippen LogP contribution in [0.4, 0.5) is 11.4 Å². The van der Waals surface area contributed by atoms with E-state index in [4.69, 9.17) is 0 Å². The number of benzene rings is 2. The summed E-state index contributed by atoms with van der Waals surface area (Å²) in [7, 11) is 0. The summed E-state index contributed by atoms with van der Waals surface area (Å²) in [4.78, 5) is 24.1. The SMILES string of the molecule is CCc1ccc([C@H](NCC(=O)Nc2ccccc2[N+](=O)[O-])c2cccs2)cc1. The van der Waals surface area contributed by atoms with E-state index >= 15 is 0 Å². The lowest BCUT2D eigenvalue weighted by Crippen LogP contribution is -2.31. The number of aryl methyl sites for hydroxylation is 1. The number of anilines is 1. The predicted molar refractivity (Wildman–Crippen MR) is 112 cm³/mol. The summed E-state index contributed by atoms with van der Waals surface area (Å²) in [5, 5.41) is 19.0. The summed E-state index contributed by atoms with van der Waals surface area (Å²) in [6.45, 7) is 2.14. The highest BCUT2D eigenvalue weighted by molar-refractivity contribution is 7.10. The van der Waals surface area contributed by atoms with Crippen molar-refractivity contribution in [1.82, 2.24) is 5.32 Å². The Labute approximate surface area is 167 Å². The maximum absolute atomic E-state index is 12.4. The maximum Gasteiger partial charge on any atom is 0.292 e. The van der Waals surface area contributed by atoms with Crippen LogP contribution in [0.2, 0.25) is 0 Å². The Morgan fingerprint density at radius 3 is 2.50 bits per heavy atom. The molecule has 1 heterocycles. The Balaban J connectivity index is 1.72. The van der Waals surface area contributed by atoms with Gasteiger partial charge in [-0.1, -0.05) is 49.4 Å². The van der Waals surface area contributed by atoms with Crippen LogP contribution in [0.5, 0.6) is 0 Å². The zero-order chi connectivity index (χ0) is 19.9. The summed E-state index contributed by atoms with van der Waals surface area (Å²) in [6.07, 6.45) is 0.968. The van der Waals surface area contributed by atoms with Crippen LogP contribution in [-0.4, -0.2) is 17.4 Å². The van der Waals surface area contributed by atoms with Gasteiger partial charge in [0.1, 0.15) is 5.69 Å². The zero-order valence-electron chi connectivity index (χ0n) is 15.4. The molecule has 1 amide bonds. The Hall–Kier alpha value is -3.03. The third-order valence-electron chi connectivity index (χ3n) is 4.39. The molecule has 2 N–H and O–H groups in total. The fraction of sp³-hybridized carbons (Fsp3) is 0.190. The average Bonchev–Trinajstić information content (AvgIpc) is 3.23. The van der Waals surface area contributed by atoms with Gasteiger partial charge in [-0.25, -0.2) is 0 Å². The summed E-state index contributed by atoms with van der Waals surface area (Å²) in [5.74, 6) is -0.332. The van der Waals surface area contributed by atoms with E-state index in [0.717, 1.165) is 16.9 Å². The normalized spacial score (nSPS) is 11.8. The molecule has 0 aliphatic heterocycles. The molecular weight excluding hydrogens is 374 g/mol. The standard InChI is InChI=1S/C21H21N3O3S/c1-2-15-9-11-16(12-10-15)21(19-8-5-13-28-19)22-14-20(25)23-17-6-3-4-7-18(17)24(26)27/h3-13,21-22H,2,14H2,1H3,(H,23,25)/t21-/m0/s1. The van der Waals surface area contributed by atoms with Crippen LogP contribution in [0.1, 0.15) is 29.0 Å². The molecule has 1 atom stereocenters. The molecule has 3 rings (SSSR count). The number of thiophene rings is 1. The van der Waals surface area contributed by atoms with Crippen LogP contribution in [0.25, 0.3) is 0 Å². The first-order chi connectivity index (χ1) is 13.6. The molecule has 7 heteroatoms. The number of para-hydroxylation sites is 2. The zero-order valence-corrected chi connectivity index (χ0v) is 16.2. The quantitative estimate of drug-likeness (QED) is 0.433. The first kappa shape index (κ1) is 19.7. The number of amides is 1. The molecule has 0 bridgehead atoms. The predicted octanol–water partition coefficient (Wildman–Crippen LogP) is 4.54. The lowest BCUT2D eigenvalue weighted by Gasteiger charge is -2.18. The fourth-order valence-corrected chi connectivity index (χ4v) is 3.74. The van der Waals surface area contributed by atoms with E-state index in [9.17, 15) is 14.9 Å². The van der Waals surface area contributed by atoms with Crippen molar-refractivity contribution in [2.45, 2.75) is 19.4 Å². The molecule has 1 aromatic heterocycles. The van der Waals surface area contributed by atoms with Crippen molar-refractivity contribution in [3.63, 3.8) is 0 Å². The van der Waals surface area contributed by atoms with Gasteiger partial charge in [-0.3, -0.25) is 20.2 Å². The molecule has 2 aromatic carbocycles. The molecule has 0 saturated heterocycles. The van der Waals surface area contributed by atoms with Crippen LogP contribution < -0.4 is 10.6 Å². The molecule has 144 valence electrons. The number of nitro groups is 1. The fourth-order valence-electron chi connectivity index (χ4n) is 2.91. The van der Waals surface area contributed by atoms with E-state index in [-0.39, 0.29) is 29.9 Å². The topological polar surface area (TPSA) is 84.3 Å². The maximum atomic E-state index is 12.4. The number of nitrogens with one attached hydrogen (secondary N) is 2. The van der Waals surface area contributed by atoms with Crippen molar-refractivity contribution < 1.29 is 9.72 Å². The molecule has 0 unspecified atom stereocenters. The summed E-state index contributed by atoms with van der Waals surface area (Å²) < 4.78 is 0. The second kappa shape index (κ2) is 9.25. The number of nitro benzene ring substituents is 1. The molecule has 0 radical (unpaired) electrons. The van der Waals surface area contributed by atoms with E-state index in [0.29, 0.717) is 0 Å². The average molecular weight is 395 g/mol. The third kappa shape index (κ3) is 4.82. The first-order valence-corrected chi connectivity index (χ1v) is 9.85. The first-order valence-electron chi connectivity index (χ1n) is 8.97. The van der Waals surface area contributed by atoms with Crippen LogP contribution in [0, 0.1) is 10.1 Å². The van der Waals surface area contributed by atoms with Gasteiger partial charge >= 0.3 is 0 Å². The van der Waals surface area contributed by atoms with Gasteiger partial charge in [-0.15, -0.1) is 11.3 Å².